The summed E-state index contributed by atoms with van der Waals surface area (Å²) in [6.07, 6.45) is 0. The Morgan fingerprint density at radius 2 is 1.31 bits per heavy atom. The van der Waals surface area contributed by atoms with Crippen LogP contribution in [0.3, 0.4) is 0 Å². The SMILES string of the molecule is Cc1nc(C(C)C)nc(C(C)C)c1C(C)C. The van der Waals surface area contributed by atoms with Gasteiger partial charge in [-0.05, 0) is 24.3 Å². The molecule has 0 fully saturated rings. The van der Waals surface area contributed by atoms with Crippen molar-refractivity contribution >= 4 is 0 Å². The van der Waals surface area contributed by atoms with Crippen molar-refractivity contribution in [1.82, 2.24) is 9.97 Å². The van der Waals surface area contributed by atoms with Gasteiger partial charge >= 0.3 is 0 Å². The normalized spacial score (nSPS) is 11.9. The molecular weight excluding hydrogens is 196 g/mol. The van der Waals surface area contributed by atoms with Crippen molar-refractivity contribution in [3.8, 4) is 0 Å². The lowest BCUT2D eigenvalue weighted by Crippen LogP contribution is -2.11. The van der Waals surface area contributed by atoms with Gasteiger partial charge < -0.3 is 0 Å². The van der Waals surface area contributed by atoms with E-state index in [9.17, 15) is 0 Å². The Bertz CT molecular complexity index is 365. The molecule has 0 N–H and O–H groups in total. The molecule has 90 valence electrons. The van der Waals surface area contributed by atoms with Gasteiger partial charge in [0.15, 0.2) is 0 Å². The van der Waals surface area contributed by atoms with E-state index in [1.54, 1.807) is 0 Å². The van der Waals surface area contributed by atoms with Crippen LogP contribution in [-0.2, 0) is 0 Å². The number of nitrogens with zero attached hydrogens (tertiary/aromatic N) is 2. The van der Waals surface area contributed by atoms with Crippen LogP contribution in [0.15, 0.2) is 0 Å². The fraction of sp³-hybridized carbons (Fsp3) is 0.714. The first-order valence-electron chi connectivity index (χ1n) is 6.22. The van der Waals surface area contributed by atoms with Gasteiger partial charge in [0.25, 0.3) is 0 Å². The summed E-state index contributed by atoms with van der Waals surface area (Å²) < 4.78 is 0. The summed E-state index contributed by atoms with van der Waals surface area (Å²) in [5.74, 6) is 2.35. The number of aromatic nitrogens is 2. The van der Waals surface area contributed by atoms with Crippen LogP contribution >= 0.6 is 0 Å². The van der Waals surface area contributed by atoms with Crippen LogP contribution in [0.4, 0.5) is 0 Å². The van der Waals surface area contributed by atoms with E-state index in [0.717, 1.165) is 11.5 Å². The number of hydrogen-bond acceptors (Lipinski definition) is 2. The van der Waals surface area contributed by atoms with Crippen LogP contribution in [0.25, 0.3) is 0 Å². The fourth-order valence-corrected chi connectivity index (χ4v) is 2.04. The molecule has 0 aliphatic rings. The van der Waals surface area contributed by atoms with E-state index in [1.165, 1.54) is 11.3 Å². The molecule has 1 heterocycles. The Morgan fingerprint density at radius 1 is 0.750 bits per heavy atom. The molecule has 0 amide bonds. The molecule has 0 radical (unpaired) electrons. The van der Waals surface area contributed by atoms with Crippen molar-refractivity contribution in [1.29, 1.82) is 0 Å². The molecule has 1 aromatic rings. The Balaban J connectivity index is 3.39. The highest BCUT2D eigenvalue weighted by Crippen LogP contribution is 2.27. The second kappa shape index (κ2) is 4.94. The zero-order valence-corrected chi connectivity index (χ0v) is 11.6. The van der Waals surface area contributed by atoms with E-state index in [1.807, 2.05) is 0 Å². The van der Waals surface area contributed by atoms with Gasteiger partial charge in [0.05, 0.1) is 5.69 Å². The van der Waals surface area contributed by atoms with Gasteiger partial charge in [-0.2, -0.15) is 0 Å². The molecule has 0 saturated carbocycles. The summed E-state index contributed by atoms with van der Waals surface area (Å²) in [7, 11) is 0. The second-order valence-electron chi connectivity index (χ2n) is 5.43. The lowest BCUT2D eigenvalue weighted by atomic mass is 9.93. The van der Waals surface area contributed by atoms with Crippen molar-refractivity contribution in [3.05, 3.63) is 22.8 Å². The van der Waals surface area contributed by atoms with Gasteiger partial charge in [-0.25, -0.2) is 9.97 Å². The van der Waals surface area contributed by atoms with Crippen LogP contribution in [0.5, 0.6) is 0 Å². The first kappa shape index (κ1) is 13.1. The van der Waals surface area contributed by atoms with Crippen molar-refractivity contribution in [2.75, 3.05) is 0 Å². The first-order valence-corrected chi connectivity index (χ1v) is 6.22. The Morgan fingerprint density at radius 3 is 1.69 bits per heavy atom. The highest BCUT2D eigenvalue weighted by atomic mass is 14.9. The Kier molecular flexibility index (Phi) is 4.06. The quantitative estimate of drug-likeness (QED) is 0.764. The summed E-state index contributed by atoms with van der Waals surface area (Å²) in [5.41, 5.74) is 3.71. The highest BCUT2D eigenvalue weighted by molar-refractivity contribution is 5.30. The average Bonchev–Trinajstić information content (AvgIpc) is 2.15. The maximum atomic E-state index is 4.74. The third-order valence-electron chi connectivity index (χ3n) is 2.82. The average molecular weight is 220 g/mol. The largest absolute Gasteiger partial charge is 0.238 e. The third kappa shape index (κ3) is 2.60. The summed E-state index contributed by atoms with van der Waals surface area (Å²) >= 11 is 0. The van der Waals surface area contributed by atoms with Crippen molar-refractivity contribution in [3.63, 3.8) is 0 Å². The molecule has 0 aromatic carbocycles. The molecule has 1 aromatic heterocycles. The molecule has 1 rings (SSSR count). The van der Waals surface area contributed by atoms with E-state index in [-0.39, 0.29) is 0 Å². The van der Waals surface area contributed by atoms with E-state index >= 15 is 0 Å². The van der Waals surface area contributed by atoms with Crippen molar-refractivity contribution in [2.45, 2.75) is 66.2 Å². The predicted octanol–water partition coefficient (Wildman–Crippen LogP) is 4.16. The summed E-state index contributed by atoms with van der Waals surface area (Å²) in [5, 5.41) is 0. The first-order chi connectivity index (χ1) is 7.34. The molecule has 0 spiro atoms. The lowest BCUT2D eigenvalue weighted by Gasteiger charge is -2.19. The topological polar surface area (TPSA) is 25.8 Å². The molecular formula is C14H24N2. The van der Waals surface area contributed by atoms with Crippen LogP contribution < -0.4 is 0 Å². The fourth-order valence-electron chi connectivity index (χ4n) is 2.04. The smallest absolute Gasteiger partial charge is 0.131 e. The maximum absolute atomic E-state index is 4.74. The molecule has 0 aliphatic carbocycles. The minimum absolute atomic E-state index is 0.400. The zero-order chi connectivity index (χ0) is 12.5. The molecule has 0 atom stereocenters. The van der Waals surface area contributed by atoms with E-state index < -0.39 is 0 Å². The van der Waals surface area contributed by atoms with E-state index in [0.29, 0.717) is 17.8 Å². The van der Waals surface area contributed by atoms with Crippen LogP contribution in [0.2, 0.25) is 0 Å². The van der Waals surface area contributed by atoms with Crippen LogP contribution in [0, 0.1) is 6.92 Å². The number of rotatable bonds is 3. The minimum atomic E-state index is 0.400. The summed E-state index contributed by atoms with van der Waals surface area (Å²) in [4.78, 5) is 9.37. The van der Waals surface area contributed by atoms with Gasteiger partial charge in [-0.1, -0.05) is 41.5 Å². The van der Waals surface area contributed by atoms with Crippen LogP contribution in [0.1, 0.15) is 82.1 Å². The van der Waals surface area contributed by atoms with Gasteiger partial charge in [-0.3, -0.25) is 0 Å². The van der Waals surface area contributed by atoms with Crippen LogP contribution in [-0.4, -0.2) is 9.97 Å². The van der Waals surface area contributed by atoms with Gasteiger partial charge in [0.2, 0.25) is 0 Å². The molecule has 0 bridgehead atoms. The monoisotopic (exact) mass is 220 g/mol. The van der Waals surface area contributed by atoms with E-state index in [4.69, 9.17) is 4.98 Å². The van der Waals surface area contributed by atoms with Gasteiger partial charge in [0.1, 0.15) is 5.82 Å². The summed E-state index contributed by atoms with van der Waals surface area (Å²) in [6, 6.07) is 0. The highest BCUT2D eigenvalue weighted by Gasteiger charge is 2.17. The minimum Gasteiger partial charge on any atom is -0.238 e. The zero-order valence-electron chi connectivity index (χ0n) is 11.6. The predicted molar refractivity (Wildman–Crippen MR) is 69.0 cm³/mol. The molecule has 2 heteroatoms. The third-order valence-corrected chi connectivity index (χ3v) is 2.82. The molecule has 2 nitrogen and oxygen atoms in total. The lowest BCUT2D eigenvalue weighted by molar-refractivity contribution is 0.685. The standard InChI is InChI=1S/C14H24N2/c1-8(2)12-11(7)15-14(10(5)6)16-13(12)9(3)4/h8-10H,1-7H3. The number of hydrogen-bond donors (Lipinski definition) is 0. The second-order valence-corrected chi connectivity index (χ2v) is 5.43. The Hall–Kier alpha value is -0.920. The molecule has 0 unspecified atom stereocenters. The van der Waals surface area contributed by atoms with Crippen molar-refractivity contribution in [2.24, 2.45) is 0 Å². The van der Waals surface area contributed by atoms with E-state index in [2.05, 4.69) is 53.5 Å². The van der Waals surface area contributed by atoms with Crippen molar-refractivity contribution < 1.29 is 0 Å². The summed E-state index contributed by atoms with van der Waals surface area (Å²) in [6.45, 7) is 15.2. The molecule has 0 aliphatic heterocycles. The van der Waals surface area contributed by atoms with Gasteiger partial charge in [-0.15, -0.1) is 0 Å². The maximum Gasteiger partial charge on any atom is 0.131 e. The number of aryl methyl sites for hydroxylation is 1. The Labute approximate surface area is 99.5 Å². The molecule has 16 heavy (non-hydrogen) atoms. The van der Waals surface area contributed by atoms with Gasteiger partial charge in [0, 0.05) is 11.6 Å². The molecule has 0 saturated heterocycles.